The summed E-state index contributed by atoms with van der Waals surface area (Å²) < 4.78 is 13.1. The van der Waals surface area contributed by atoms with Crippen LogP contribution >= 0.6 is 11.3 Å². The van der Waals surface area contributed by atoms with Gasteiger partial charge in [-0.2, -0.15) is 0 Å². The van der Waals surface area contributed by atoms with Crippen LogP contribution < -0.4 is 5.32 Å². The fourth-order valence-corrected chi connectivity index (χ4v) is 2.28. The van der Waals surface area contributed by atoms with Gasteiger partial charge in [-0.1, -0.05) is 0 Å². The molecule has 0 aliphatic rings. The normalized spacial score (nSPS) is 10.4. The Morgan fingerprint density at radius 2 is 2.22 bits per heavy atom. The summed E-state index contributed by atoms with van der Waals surface area (Å²) in [4.78, 5) is 16.9. The van der Waals surface area contributed by atoms with Crippen molar-refractivity contribution in [2.45, 2.75) is 20.4 Å². The van der Waals surface area contributed by atoms with Crippen LogP contribution in [0.2, 0.25) is 0 Å². The van der Waals surface area contributed by atoms with Crippen LogP contribution in [-0.4, -0.2) is 10.9 Å². The van der Waals surface area contributed by atoms with Crippen molar-refractivity contribution in [3.05, 3.63) is 51.2 Å². The van der Waals surface area contributed by atoms with Gasteiger partial charge in [0.2, 0.25) is 0 Å². The summed E-state index contributed by atoms with van der Waals surface area (Å²) in [7, 11) is 0. The van der Waals surface area contributed by atoms with Crippen LogP contribution in [-0.2, 0) is 6.54 Å². The van der Waals surface area contributed by atoms with E-state index in [1.54, 1.807) is 30.5 Å². The van der Waals surface area contributed by atoms with E-state index in [1.807, 2.05) is 6.92 Å². The lowest BCUT2D eigenvalue weighted by Gasteiger charge is -2.04. The summed E-state index contributed by atoms with van der Waals surface area (Å²) in [6.07, 6.45) is 1.75. The first-order chi connectivity index (χ1) is 8.56. The molecular weight excluding hydrogens is 251 g/mol. The highest BCUT2D eigenvalue weighted by Crippen LogP contribution is 2.12. The maximum Gasteiger partial charge on any atom is 0.251 e. The summed E-state index contributed by atoms with van der Waals surface area (Å²) in [5.41, 5.74) is 0.937. The molecule has 0 saturated heterocycles. The lowest BCUT2D eigenvalue weighted by molar-refractivity contribution is 0.0951. The highest BCUT2D eigenvalue weighted by molar-refractivity contribution is 7.11. The van der Waals surface area contributed by atoms with E-state index in [1.165, 1.54) is 12.1 Å². The number of hydrogen-bond acceptors (Lipinski definition) is 3. The largest absolute Gasteiger partial charge is 0.347 e. The molecule has 0 saturated carbocycles. The van der Waals surface area contributed by atoms with Crippen LogP contribution in [0.1, 0.15) is 25.8 Å². The van der Waals surface area contributed by atoms with Crippen molar-refractivity contribution < 1.29 is 9.18 Å². The van der Waals surface area contributed by atoms with Gasteiger partial charge in [-0.25, -0.2) is 9.37 Å². The SMILES string of the molecule is Cc1ncc(CNC(=O)c2ccc(F)c(C)c2)s1. The Labute approximate surface area is 109 Å². The predicted octanol–water partition coefficient (Wildman–Crippen LogP) is 2.83. The van der Waals surface area contributed by atoms with E-state index in [0.29, 0.717) is 17.7 Å². The number of carbonyl (C=O) groups is 1. The van der Waals surface area contributed by atoms with Crippen LogP contribution in [0.25, 0.3) is 0 Å². The number of aromatic nitrogens is 1. The van der Waals surface area contributed by atoms with E-state index in [0.717, 1.165) is 9.88 Å². The first-order valence-corrected chi connectivity index (χ1v) is 6.33. The Bertz CT molecular complexity index is 580. The minimum Gasteiger partial charge on any atom is -0.347 e. The van der Waals surface area contributed by atoms with Gasteiger partial charge in [0.1, 0.15) is 5.82 Å². The second kappa shape index (κ2) is 5.27. The van der Waals surface area contributed by atoms with Crippen LogP contribution in [0.15, 0.2) is 24.4 Å². The molecule has 0 aliphatic carbocycles. The van der Waals surface area contributed by atoms with Crippen LogP contribution in [0, 0.1) is 19.7 Å². The molecule has 1 N–H and O–H groups in total. The number of benzene rings is 1. The molecule has 0 radical (unpaired) electrons. The number of carbonyl (C=O) groups excluding carboxylic acids is 1. The molecule has 1 aromatic carbocycles. The van der Waals surface area contributed by atoms with Crippen LogP contribution in [0.4, 0.5) is 4.39 Å². The molecule has 0 bridgehead atoms. The molecule has 18 heavy (non-hydrogen) atoms. The summed E-state index contributed by atoms with van der Waals surface area (Å²) in [6.45, 7) is 4.00. The van der Waals surface area contributed by atoms with E-state index in [9.17, 15) is 9.18 Å². The zero-order valence-electron chi connectivity index (χ0n) is 10.2. The Morgan fingerprint density at radius 3 is 2.83 bits per heavy atom. The third-order valence-electron chi connectivity index (χ3n) is 2.51. The minimum atomic E-state index is -0.301. The standard InChI is InChI=1S/C13H13FN2OS/c1-8-5-10(3-4-12(8)14)13(17)16-7-11-6-15-9(2)18-11/h3-6H,7H2,1-2H3,(H,16,17). The van der Waals surface area contributed by atoms with Crippen molar-refractivity contribution in [2.75, 3.05) is 0 Å². The number of amides is 1. The zero-order chi connectivity index (χ0) is 13.1. The molecule has 3 nitrogen and oxygen atoms in total. The second-order valence-electron chi connectivity index (χ2n) is 3.99. The maximum absolute atomic E-state index is 13.1. The predicted molar refractivity (Wildman–Crippen MR) is 69.2 cm³/mol. The number of nitrogens with one attached hydrogen (secondary N) is 1. The number of thiazole rings is 1. The van der Waals surface area contributed by atoms with Gasteiger partial charge >= 0.3 is 0 Å². The number of rotatable bonds is 3. The molecule has 1 aromatic heterocycles. The van der Waals surface area contributed by atoms with Crippen molar-refractivity contribution in [1.29, 1.82) is 0 Å². The first kappa shape index (κ1) is 12.7. The molecule has 0 atom stereocenters. The highest BCUT2D eigenvalue weighted by atomic mass is 32.1. The molecule has 0 unspecified atom stereocenters. The second-order valence-corrected chi connectivity index (χ2v) is 5.31. The number of nitrogens with zero attached hydrogens (tertiary/aromatic N) is 1. The van der Waals surface area contributed by atoms with Crippen molar-refractivity contribution in [3.63, 3.8) is 0 Å². The molecule has 1 heterocycles. The summed E-state index contributed by atoms with van der Waals surface area (Å²) in [5.74, 6) is -0.506. The smallest absolute Gasteiger partial charge is 0.251 e. The van der Waals surface area contributed by atoms with Gasteiger partial charge in [-0.3, -0.25) is 4.79 Å². The molecule has 0 aliphatic heterocycles. The molecule has 94 valence electrons. The molecule has 5 heteroatoms. The summed E-state index contributed by atoms with van der Waals surface area (Å²) in [6, 6.07) is 4.33. The van der Waals surface area contributed by atoms with Crippen molar-refractivity contribution in [2.24, 2.45) is 0 Å². The Kier molecular flexibility index (Phi) is 3.72. The first-order valence-electron chi connectivity index (χ1n) is 5.52. The average Bonchev–Trinajstić information content (AvgIpc) is 2.75. The van der Waals surface area contributed by atoms with Gasteiger partial charge in [0.05, 0.1) is 11.6 Å². The van der Waals surface area contributed by atoms with E-state index in [-0.39, 0.29) is 11.7 Å². The van der Waals surface area contributed by atoms with E-state index >= 15 is 0 Å². The quantitative estimate of drug-likeness (QED) is 0.926. The Hall–Kier alpha value is -1.75. The van der Waals surface area contributed by atoms with Crippen molar-refractivity contribution in [3.8, 4) is 0 Å². The van der Waals surface area contributed by atoms with Gasteiger partial charge in [-0.05, 0) is 37.6 Å². The lowest BCUT2D eigenvalue weighted by atomic mass is 10.1. The molecule has 0 spiro atoms. The maximum atomic E-state index is 13.1. The van der Waals surface area contributed by atoms with Crippen LogP contribution in [0.3, 0.4) is 0 Å². The number of halogens is 1. The number of aryl methyl sites for hydroxylation is 2. The molecule has 1 amide bonds. The Balaban J connectivity index is 2.01. The summed E-state index contributed by atoms with van der Waals surface area (Å²) in [5, 5.41) is 3.75. The van der Waals surface area contributed by atoms with Gasteiger partial charge in [0, 0.05) is 16.6 Å². The van der Waals surface area contributed by atoms with Gasteiger partial charge in [0.25, 0.3) is 5.91 Å². The fraction of sp³-hybridized carbons (Fsp3) is 0.231. The minimum absolute atomic E-state index is 0.204. The van der Waals surface area contributed by atoms with Crippen LogP contribution in [0.5, 0.6) is 0 Å². The van der Waals surface area contributed by atoms with Gasteiger partial charge < -0.3 is 5.32 Å². The highest BCUT2D eigenvalue weighted by Gasteiger charge is 2.08. The third-order valence-corrected chi connectivity index (χ3v) is 3.43. The average molecular weight is 264 g/mol. The zero-order valence-corrected chi connectivity index (χ0v) is 11.0. The van der Waals surface area contributed by atoms with Crippen molar-refractivity contribution in [1.82, 2.24) is 10.3 Å². The third kappa shape index (κ3) is 2.92. The Morgan fingerprint density at radius 1 is 1.44 bits per heavy atom. The number of hydrogen-bond donors (Lipinski definition) is 1. The molecular formula is C13H13FN2OS. The molecule has 2 aromatic rings. The monoisotopic (exact) mass is 264 g/mol. The molecule has 0 fully saturated rings. The lowest BCUT2D eigenvalue weighted by Crippen LogP contribution is -2.22. The van der Waals surface area contributed by atoms with Gasteiger partial charge in [-0.15, -0.1) is 11.3 Å². The topological polar surface area (TPSA) is 42.0 Å². The van der Waals surface area contributed by atoms with E-state index in [4.69, 9.17) is 0 Å². The van der Waals surface area contributed by atoms with Crippen molar-refractivity contribution >= 4 is 17.2 Å². The van der Waals surface area contributed by atoms with Gasteiger partial charge in [0.15, 0.2) is 0 Å². The van der Waals surface area contributed by atoms with E-state index < -0.39 is 0 Å². The summed E-state index contributed by atoms with van der Waals surface area (Å²) >= 11 is 1.54. The fourth-order valence-electron chi connectivity index (χ4n) is 1.54. The molecule has 2 rings (SSSR count). The van der Waals surface area contributed by atoms with E-state index in [2.05, 4.69) is 10.3 Å².